The average molecular weight is 509 g/mol. The Morgan fingerprint density at radius 2 is 0.639 bits per heavy atom. The van der Waals surface area contributed by atoms with Crippen LogP contribution in [0.4, 0.5) is 0 Å². The van der Waals surface area contributed by atoms with Crippen molar-refractivity contribution >= 4 is 5.97 Å². The van der Waals surface area contributed by atoms with E-state index in [1.165, 1.54) is 173 Å². The van der Waals surface area contributed by atoms with Crippen LogP contribution in [0.15, 0.2) is 0 Å². The molecule has 0 aromatic heterocycles. The molecular formula is C34H68O2. The predicted molar refractivity (Wildman–Crippen MR) is 161 cm³/mol. The molecule has 0 aromatic carbocycles. The van der Waals surface area contributed by atoms with Crippen molar-refractivity contribution < 1.29 is 9.53 Å². The van der Waals surface area contributed by atoms with Crippen molar-refractivity contribution in [3.8, 4) is 0 Å². The van der Waals surface area contributed by atoms with Gasteiger partial charge in [0.05, 0.1) is 12.5 Å². The zero-order valence-electron chi connectivity index (χ0n) is 25.4. The molecule has 0 spiro atoms. The molecular weight excluding hydrogens is 440 g/mol. The summed E-state index contributed by atoms with van der Waals surface area (Å²) in [7, 11) is 0. The second kappa shape index (κ2) is 30.7. The molecule has 0 radical (unpaired) electrons. The number of ether oxygens (including phenoxy) is 1. The van der Waals surface area contributed by atoms with Crippen LogP contribution in [0.5, 0.6) is 0 Å². The summed E-state index contributed by atoms with van der Waals surface area (Å²) >= 11 is 0. The molecule has 0 heterocycles. The van der Waals surface area contributed by atoms with E-state index < -0.39 is 0 Å². The summed E-state index contributed by atoms with van der Waals surface area (Å²) < 4.78 is 5.22. The van der Waals surface area contributed by atoms with Crippen molar-refractivity contribution in [3.05, 3.63) is 0 Å². The Kier molecular flexibility index (Phi) is 30.2. The lowest BCUT2D eigenvalue weighted by Gasteiger charge is -2.07. The fraction of sp³-hybridized carbons (Fsp3) is 0.971. The first-order chi connectivity index (χ1) is 17.7. The van der Waals surface area contributed by atoms with Gasteiger partial charge in [-0.15, -0.1) is 0 Å². The molecule has 0 aromatic rings. The number of esters is 1. The third-order valence-corrected chi connectivity index (χ3v) is 7.71. The Bertz CT molecular complexity index is 417. The lowest BCUT2D eigenvalue weighted by atomic mass is 10.0. The normalized spacial score (nSPS) is 11.4. The molecule has 0 aliphatic heterocycles. The van der Waals surface area contributed by atoms with E-state index in [2.05, 4.69) is 6.92 Å². The monoisotopic (exact) mass is 509 g/mol. The number of unbranched alkanes of at least 4 members (excludes halogenated alkanes) is 27. The van der Waals surface area contributed by atoms with Crippen molar-refractivity contribution in [2.24, 2.45) is 5.92 Å². The van der Waals surface area contributed by atoms with Crippen molar-refractivity contribution in [2.45, 2.75) is 201 Å². The summed E-state index contributed by atoms with van der Waals surface area (Å²) in [5.74, 6) is -0.0520. The number of hydrogen-bond donors (Lipinski definition) is 0. The van der Waals surface area contributed by atoms with Gasteiger partial charge in [-0.25, -0.2) is 0 Å². The lowest BCUT2D eigenvalue weighted by Crippen LogP contribution is -2.12. The molecule has 0 aliphatic carbocycles. The van der Waals surface area contributed by atoms with E-state index in [0.29, 0.717) is 6.61 Å². The molecule has 0 N–H and O–H groups in total. The van der Waals surface area contributed by atoms with Gasteiger partial charge in [0.1, 0.15) is 0 Å². The van der Waals surface area contributed by atoms with Gasteiger partial charge in [-0.05, 0) is 6.42 Å². The number of carbonyl (C=O) groups is 1. The minimum absolute atomic E-state index is 0.00351. The number of rotatable bonds is 30. The summed E-state index contributed by atoms with van der Waals surface area (Å²) in [6, 6.07) is 0. The molecule has 0 bridgehead atoms. The van der Waals surface area contributed by atoms with Gasteiger partial charge in [-0.3, -0.25) is 4.79 Å². The van der Waals surface area contributed by atoms with Crippen LogP contribution < -0.4 is 0 Å². The fourth-order valence-corrected chi connectivity index (χ4v) is 5.11. The molecule has 216 valence electrons. The van der Waals surface area contributed by atoms with Crippen LogP contribution in [0.1, 0.15) is 201 Å². The molecule has 0 atom stereocenters. The highest BCUT2D eigenvalue weighted by Gasteiger charge is 2.06. The summed E-state index contributed by atoms with van der Waals surface area (Å²) in [6.07, 6.45) is 39.8. The van der Waals surface area contributed by atoms with Crippen LogP contribution in [0.25, 0.3) is 0 Å². The van der Waals surface area contributed by atoms with Crippen LogP contribution in [0.3, 0.4) is 0 Å². The summed E-state index contributed by atoms with van der Waals surface area (Å²) in [5, 5.41) is 0. The second-order valence-electron chi connectivity index (χ2n) is 11.9. The lowest BCUT2D eigenvalue weighted by molar-refractivity contribution is -0.147. The molecule has 0 rings (SSSR count). The SMILES string of the molecule is CCCCCCCCCCCCCCCCCCCCCCCCCCCCCCOC(=O)C(C)C. The van der Waals surface area contributed by atoms with Gasteiger partial charge in [-0.2, -0.15) is 0 Å². The minimum Gasteiger partial charge on any atom is -0.465 e. The Labute approximate surface area is 228 Å². The number of hydrogen-bond acceptors (Lipinski definition) is 2. The van der Waals surface area contributed by atoms with Crippen LogP contribution in [-0.2, 0) is 9.53 Å². The minimum atomic E-state index is -0.0555. The Morgan fingerprint density at radius 1 is 0.417 bits per heavy atom. The zero-order chi connectivity index (χ0) is 26.4. The maximum atomic E-state index is 11.4. The zero-order valence-corrected chi connectivity index (χ0v) is 25.4. The van der Waals surface area contributed by atoms with E-state index in [4.69, 9.17) is 4.74 Å². The number of carbonyl (C=O) groups excluding carboxylic acids is 1. The van der Waals surface area contributed by atoms with Gasteiger partial charge in [0, 0.05) is 0 Å². The molecule has 36 heavy (non-hydrogen) atoms. The van der Waals surface area contributed by atoms with Crippen LogP contribution in [0.2, 0.25) is 0 Å². The van der Waals surface area contributed by atoms with Gasteiger partial charge in [0.15, 0.2) is 0 Å². The highest BCUT2D eigenvalue weighted by atomic mass is 16.5. The van der Waals surface area contributed by atoms with Gasteiger partial charge in [-0.1, -0.05) is 194 Å². The van der Waals surface area contributed by atoms with Crippen molar-refractivity contribution in [1.29, 1.82) is 0 Å². The van der Waals surface area contributed by atoms with E-state index in [9.17, 15) is 4.79 Å². The van der Waals surface area contributed by atoms with Crippen molar-refractivity contribution in [1.82, 2.24) is 0 Å². The van der Waals surface area contributed by atoms with E-state index >= 15 is 0 Å². The Morgan fingerprint density at radius 3 is 0.861 bits per heavy atom. The summed E-state index contributed by atoms with van der Waals surface area (Å²) in [5.41, 5.74) is 0. The van der Waals surface area contributed by atoms with E-state index in [-0.39, 0.29) is 11.9 Å². The highest BCUT2D eigenvalue weighted by Crippen LogP contribution is 2.16. The van der Waals surface area contributed by atoms with Crippen molar-refractivity contribution in [2.75, 3.05) is 6.61 Å². The second-order valence-corrected chi connectivity index (χ2v) is 11.9. The standard InChI is InChI=1S/C34H68O2/c1-4-5-6-7-8-9-10-11-12-13-14-15-16-17-18-19-20-21-22-23-24-25-26-27-28-29-30-31-32-36-34(35)33(2)3/h33H,4-32H2,1-3H3. The quantitative estimate of drug-likeness (QED) is 0.0712. The predicted octanol–water partition coefficient (Wildman–Crippen LogP) is 12.1. The largest absolute Gasteiger partial charge is 0.465 e. The van der Waals surface area contributed by atoms with Gasteiger partial charge in [0.2, 0.25) is 0 Å². The van der Waals surface area contributed by atoms with Gasteiger partial charge >= 0.3 is 5.97 Å². The molecule has 0 aliphatic rings. The van der Waals surface area contributed by atoms with Gasteiger partial charge in [0.25, 0.3) is 0 Å². The fourth-order valence-electron chi connectivity index (χ4n) is 5.11. The van der Waals surface area contributed by atoms with Gasteiger partial charge < -0.3 is 4.74 Å². The van der Waals surface area contributed by atoms with Crippen LogP contribution >= 0.6 is 0 Å². The van der Waals surface area contributed by atoms with E-state index in [0.717, 1.165) is 6.42 Å². The van der Waals surface area contributed by atoms with Crippen LogP contribution in [0, 0.1) is 5.92 Å². The first kappa shape index (κ1) is 35.5. The Hall–Kier alpha value is -0.530. The molecule has 0 saturated carbocycles. The topological polar surface area (TPSA) is 26.3 Å². The van der Waals surface area contributed by atoms with Crippen LogP contribution in [-0.4, -0.2) is 12.6 Å². The first-order valence-corrected chi connectivity index (χ1v) is 16.8. The maximum Gasteiger partial charge on any atom is 0.308 e. The third kappa shape index (κ3) is 29.7. The average Bonchev–Trinajstić information content (AvgIpc) is 2.87. The molecule has 2 nitrogen and oxygen atoms in total. The Balaban J connectivity index is 3.05. The molecule has 0 fully saturated rings. The molecule has 0 amide bonds. The maximum absolute atomic E-state index is 11.4. The summed E-state index contributed by atoms with van der Waals surface area (Å²) in [4.78, 5) is 11.4. The highest BCUT2D eigenvalue weighted by molar-refractivity contribution is 5.71. The molecule has 2 heteroatoms. The molecule has 0 unspecified atom stereocenters. The molecule has 0 saturated heterocycles. The smallest absolute Gasteiger partial charge is 0.308 e. The summed E-state index contributed by atoms with van der Waals surface area (Å²) in [6.45, 7) is 6.69. The third-order valence-electron chi connectivity index (χ3n) is 7.71. The first-order valence-electron chi connectivity index (χ1n) is 16.8. The van der Waals surface area contributed by atoms with E-state index in [1.54, 1.807) is 0 Å². The van der Waals surface area contributed by atoms with Crippen molar-refractivity contribution in [3.63, 3.8) is 0 Å². The van der Waals surface area contributed by atoms with E-state index in [1.807, 2.05) is 13.8 Å².